The molecular weight excluding hydrogens is 224 g/mol. The first-order valence-corrected chi connectivity index (χ1v) is 5.36. The van der Waals surface area contributed by atoms with Gasteiger partial charge in [0, 0.05) is 14.0 Å². The number of carboxylic acids is 1. The zero-order valence-electron chi connectivity index (χ0n) is 8.72. The van der Waals surface area contributed by atoms with Crippen LogP contribution in [-0.2, 0) is 25.0 Å². The van der Waals surface area contributed by atoms with Crippen molar-refractivity contribution < 1.29 is 23.2 Å². The minimum Gasteiger partial charge on any atom is -0.480 e. The normalized spacial score (nSPS) is 14.7. The summed E-state index contributed by atoms with van der Waals surface area (Å²) in [5.41, 5.74) is 0. The van der Waals surface area contributed by atoms with Gasteiger partial charge in [0.05, 0.1) is 0 Å². The molecule has 0 saturated heterocycles. The van der Waals surface area contributed by atoms with E-state index in [2.05, 4.69) is 5.32 Å². The molecule has 7 nitrogen and oxygen atoms in total. The third-order valence-electron chi connectivity index (χ3n) is 1.54. The number of nitrogens with one attached hydrogen (secondary N) is 1. The molecule has 0 bridgehead atoms. The van der Waals surface area contributed by atoms with Crippen LogP contribution in [0, 0.1) is 0 Å². The van der Waals surface area contributed by atoms with E-state index in [1.165, 1.54) is 20.9 Å². The molecule has 1 amide bonds. The van der Waals surface area contributed by atoms with Gasteiger partial charge in [0.15, 0.2) is 11.1 Å². The Kier molecular flexibility index (Phi) is 6.06. The molecule has 15 heavy (non-hydrogen) atoms. The van der Waals surface area contributed by atoms with Gasteiger partial charge in [0.1, 0.15) is 11.9 Å². The lowest BCUT2D eigenvalue weighted by Crippen LogP contribution is -2.38. The number of carboxylic acid groups (broad SMARTS) is 1. The van der Waals surface area contributed by atoms with Crippen molar-refractivity contribution in [1.82, 2.24) is 10.4 Å². The molecule has 0 aliphatic carbocycles. The summed E-state index contributed by atoms with van der Waals surface area (Å²) >= 11 is -1.78. The third kappa shape index (κ3) is 6.15. The van der Waals surface area contributed by atoms with E-state index in [4.69, 9.17) is 9.39 Å². The van der Waals surface area contributed by atoms with Crippen molar-refractivity contribution in [3.8, 4) is 0 Å². The topological polar surface area (TPSA) is 95.9 Å². The second kappa shape index (κ2) is 6.49. The number of amides is 1. The van der Waals surface area contributed by atoms with Gasteiger partial charge in [-0.1, -0.05) is 0 Å². The number of hydroxylamine groups is 2. The van der Waals surface area contributed by atoms with E-state index >= 15 is 0 Å². The van der Waals surface area contributed by atoms with E-state index in [9.17, 15) is 13.8 Å². The number of nitrogens with zero attached hydrogens (tertiary/aromatic N) is 1. The van der Waals surface area contributed by atoms with Gasteiger partial charge in [0.2, 0.25) is 5.91 Å². The zero-order chi connectivity index (χ0) is 12.0. The van der Waals surface area contributed by atoms with Crippen LogP contribution < -0.4 is 5.32 Å². The third-order valence-corrected chi connectivity index (χ3v) is 2.32. The summed E-state index contributed by atoms with van der Waals surface area (Å²) < 4.78 is 15.9. The minimum absolute atomic E-state index is 0.175. The summed E-state index contributed by atoms with van der Waals surface area (Å²) in [7, 11) is 1.35. The Hall–Kier alpha value is -0.990. The molecular formula is C7H14N2O5S. The van der Waals surface area contributed by atoms with E-state index in [1.807, 2.05) is 0 Å². The van der Waals surface area contributed by atoms with Gasteiger partial charge in [0.25, 0.3) is 0 Å². The van der Waals surface area contributed by atoms with Crippen LogP contribution in [0.1, 0.15) is 13.8 Å². The van der Waals surface area contributed by atoms with Gasteiger partial charge < -0.3 is 10.4 Å². The fourth-order valence-corrected chi connectivity index (χ4v) is 1.30. The van der Waals surface area contributed by atoms with Crippen molar-refractivity contribution in [3.63, 3.8) is 0 Å². The second-order valence-electron chi connectivity index (χ2n) is 2.82. The number of hydrogen-bond donors (Lipinski definition) is 2. The van der Waals surface area contributed by atoms with Gasteiger partial charge in [-0.05, 0) is 6.92 Å². The average molecular weight is 238 g/mol. The van der Waals surface area contributed by atoms with E-state index in [-0.39, 0.29) is 11.8 Å². The van der Waals surface area contributed by atoms with E-state index in [0.29, 0.717) is 0 Å². The predicted molar refractivity (Wildman–Crippen MR) is 52.8 cm³/mol. The standard InChI is InChI=1S/C7H14N2O5S/c1-5(7(11)12)9(3)14-15(13)4-8-6(2)10/h5H,4H2,1-3H3,(H,8,10)(H,11,12). The highest BCUT2D eigenvalue weighted by molar-refractivity contribution is 7.80. The number of rotatable bonds is 6. The Morgan fingerprint density at radius 3 is 2.53 bits per heavy atom. The molecule has 2 atom stereocenters. The Morgan fingerprint density at radius 1 is 1.60 bits per heavy atom. The van der Waals surface area contributed by atoms with Gasteiger partial charge in [-0.15, -0.1) is 0 Å². The molecule has 0 heterocycles. The molecule has 0 saturated carbocycles. The minimum atomic E-state index is -1.78. The molecule has 0 aliphatic heterocycles. The number of carbonyl (C=O) groups is 2. The van der Waals surface area contributed by atoms with Crippen LogP contribution in [0.3, 0.4) is 0 Å². The van der Waals surface area contributed by atoms with Gasteiger partial charge >= 0.3 is 5.97 Å². The molecule has 88 valence electrons. The summed E-state index contributed by atoms with van der Waals surface area (Å²) in [6.07, 6.45) is 0. The van der Waals surface area contributed by atoms with Gasteiger partial charge in [-0.3, -0.25) is 9.59 Å². The fraction of sp³-hybridized carbons (Fsp3) is 0.714. The summed E-state index contributed by atoms with van der Waals surface area (Å²) in [6, 6.07) is -0.911. The highest BCUT2D eigenvalue weighted by Crippen LogP contribution is 1.98. The fourth-order valence-electron chi connectivity index (χ4n) is 0.538. The molecule has 0 aliphatic rings. The monoisotopic (exact) mass is 238 g/mol. The lowest BCUT2D eigenvalue weighted by Gasteiger charge is -2.18. The van der Waals surface area contributed by atoms with Crippen molar-refractivity contribution in [2.45, 2.75) is 19.9 Å². The highest BCUT2D eigenvalue weighted by atomic mass is 32.2. The predicted octanol–water partition coefficient (Wildman–Crippen LogP) is -0.920. The highest BCUT2D eigenvalue weighted by Gasteiger charge is 2.19. The molecule has 8 heteroatoms. The number of likely N-dealkylation sites (N-methyl/N-ethyl adjacent to an activating group) is 1. The van der Waals surface area contributed by atoms with Crippen molar-refractivity contribution >= 4 is 23.0 Å². The average Bonchev–Trinajstić information content (AvgIpc) is 2.13. The molecule has 0 aromatic heterocycles. The van der Waals surface area contributed by atoms with Crippen LogP contribution in [-0.4, -0.2) is 45.2 Å². The molecule has 2 N–H and O–H groups in total. The molecule has 0 fully saturated rings. The van der Waals surface area contributed by atoms with Crippen LogP contribution >= 0.6 is 0 Å². The summed E-state index contributed by atoms with van der Waals surface area (Å²) in [4.78, 5) is 21.0. The molecule has 0 rings (SSSR count). The van der Waals surface area contributed by atoms with Crippen LogP contribution in [0.4, 0.5) is 0 Å². The number of aliphatic carboxylic acids is 1. The first-order chi connectivity index (χ1) is 6.84. The molecule has 0 aromatic carbocycles. The summed E-state index contributed by atoms with van der Waals surface area (Å²) in [5, 5.41) is 11.8. The number of hydrogen-bond acceptors (Lipinski definition) is 5. The second-order valence-corrected chi connectivity index (χ2v) is 3.86. The van der Waals surface area contributed by atoms with Crippen molar-refractivity contribution in [1.29, 1.82) is 0 Å². The maximum Gasteiger partial charge on any atom is 0.323 e. The molecule has 2 unspecified atom stereocenters. The van der Waals surface area contributed by atoms with Crippen LogP contribution in [0.15, 0.2) is 0 Å². The zero-order valence-corrected chi connectivity index (χ0v) is 9.54. The van der Waals surface area contributed by atoms with Gasteiger partial charge in [-0.25, -0.2) is 4.21 Å². The first kappa shape index (κ1) is 14.0. The molecule has 0 spiro atoms. The Bertz CT molecular complexity index is 270. The summed E-state index contributed by atoms with van der Waals surface area (Å²) in [6.45, 7) is 2.67. The summed E-state index contributed by atoms with van der Waals surface area (Å²) in [5.74, 6) is -1.60. The van der Waals surface area contributed by atoms with Crippen molar-refractivity contribution in [2.75, 3.05) is 12.9 Å². The van der Waals surface area contributed by atoms with Crippen LogP contribution in [0.25, 0.3) is 0 Å². The maximum absolute atomic E-state index is 11.1. The SMILES string of the molecule is CC(=O)NCS(=O)ON(C)C(C)C(=O)O. The lowest BCUT2D eigenvalue weighted by atomic mass is 10.3. The Balaban J connectivity index is 3.96. The lowest BCUT2D eigenvalue weighted by molar-refractivity contribution is -0.153. The van der Waals surface area contributed by atoms with E-state index in [0.717, 1.165) is 5.06 Å². The van der Waals surface area contributed by atoms with E-state index in [1.54, 1.807) is 0 Å². The maximum atomic E-state index is 11.1. The van der Waals surface area contributed by atoms with E-state index < -0.39 is 23.1 Å². The van der Waals surface area contributed by atoms with Crippen molar-refractivity contribution in [2.24, 2.45) is 0 Å². The molecule has 0 radical (unpaired) electrons. The number of carbonyl (C=O) groups excluding carboxylic acids is 1. The van der Waals surface area contributed by atoms with Gasteiger partial charge in [-0.2, -0.15) is 9.35 Å². The Labute approximate surface area is 90.0 Å². The van der Waals surface area contributed by atoms with Crippen molar-refractivity contribution in [3.05, 3.63) is 0 Å². The largest absolute Gasteiger partial charge is 0.480 e. The van der Waals surface area contributed by atoms with Crippen LogP contribution in [0.5, 0.6) is 0 Å². The van der Waals surface area contributed by atoms with Crippen LogP contribution in [0.2, 0.25) is 0 Å². The quantitative estimate of drug-likeness (QED) is 0.581. The molecule has 0 aromatic rings. The smallest absolute Gasteiger partial charge is 0.323 e. The Morgan fingerprint density at radius 2 is 2.13 bits per heavy atom. The first-order valence-electron chi connectivity index (χ1n) is 4.11.